The monoisotopic (exact) mass is 403 g/mol. The number of nitrogens with zero attached hydrogens (tertiary/aromatic N) is 2. The first kappa shape index (κ1) is 21.1. The lowest BCUT2D eigenvalue weighted by Gasteiger charge is -2.37. The number of nitrogens with one attached hydrogen (secondary N) is 1. The van der Waals surface area contributed by atoms with E-state index in [1.807, 2.05) is 18.7 Å². The summed E-state index contributed by atoms with van der Waals surface area (Å²) in [5, 5.41) is 3.34. The van der Waals surface area contributed by atoms with Gasteiger partial charge >= 0.3 is 0 Å². The molecule has 0 spiro atoms. The van der Waals surface area contributed by atoms with E-state index in [1.165, 1.54) is 10.4 Å². The number of benzene rings is 1. The fourth-order valence-corrected chi connectivity index (χ4v) is 4.65. The molecule has 3 rings (SSSR count). The highest BCUT2D eigenvalue weighted by atomic mass is 35.5. The SMILES string of the molecule is CC1CN(C(=O)c2cccc(S(=O)(=O)N3CCOCC3)c2)C(C)CN1.Cl. The van der Waals surface area contributed by atoms with E-state index in [4.69, 9.17) is 4.74 Å². The summed E-state index contributed by atoms with van der Waals surface area (Å²) < 4.78 is 32.2. The number of carbonyl (C=O) groups is 1. The molecular formula is C17H26ClN3O4S. The Labute approximate surface area is 161 Å². The number of halogens is 1. The Morgan fingerprint density at radius 2 is 1.92 bits per heavy atom. The Kier molecular flexibility index (Phi) is 7.04. The van der Waals surface area contributed by atoms with Crippen LogP contribution in [0.4, 0.5) is 0 Å². The van der Waals surface area contributed by atoms with Gasteiger partial charge in [-0.2, -0.15) is 4.31 Å². The highest BCUT2D eigenvalue weighted by Gasteiger charge is 2.30. The molecule has 2 atom stereocenters. The second kappa shape index (κ2) is 8.67. The molecule has 1 amide bonds. The second-order valence-corrected chi connectivity index (χ2v) is 8.60. The fraction of sp³-hybridized carbons (Fsp3) is 0.588. The van der Waals surface area contributed by atoms with E-state index < -0.39 is 10.0 Å². The van der Waals surface area contributed by atoms with E-state index in [0.29, 0.717) is 38.4 Å². The maximum absolute atomic E-state index is 12.9. The van der Waals surface area contributed by atoms with E-state index in [1.54, 1.807) is 18.2 Å². The van der Waals surface area contributed by atoms with Crippen molar-refractivity contribution in [2.45, 2.75) is 30.8 Å². The lowest BCUT2D eigenvalue weighted by molar-refractivity contribution is 0.0616. The first-order valence-electron chi connectivity index (χ1n) is 8.62. The van der Waals surface area contributed by atoms with Crippen molar-refractivity contribution >= 4 is 28.3 Å². The van der Waals surface area contributed by atoms with Crippen LogP contribution in [0.3, 0.4) is 0 Å². The molecule has 2 aliphatic heterocycles. The molecule has 1 N–H and O–H groups in total. The summed E-state index contributed by atoms with van der Waals surface area (Å²) in [6.07, 6.45) is 0. The van der Waals surface area contributed by atoms with Gasteiger partial charge in [0.15, 0.2) is 0 Å². The van der Waals surface area contributed by atoms with E-state index in [9.17, 15) is 13.2 Å². The first-order chi connectivity index (χ1) is 11.9. The Morgan fingerprint density at radius 1 is 1.23 bits per heavy atom. The molecule has 9 heteroatoms. The van der Waals surface area contributed by atoms with Crippen molar-refractivity contribution in [1.82, 2.24) is 14.5 Å². The largest absolute Gasteiger partial charge is 0.379 e. The number of ether oxygens (including phenoxy) is 1. The number of rotatable bonds is 3. The van der Waals surface area contributed by atoms with Crippen LogP contribution in [0.25, 0.3) is 0 Å². The van der Waals surface area contributed by atoms with Crippen molar-refractivity contribution in [3.63, 3.8) is 0 Å². The molecule has 1 aromatic carbocycles. The second-order valence-electron chi connectivity index (χ2n) is 6.66. The van der Waals surface area contributed by atoms with Gasteiger partial charge in [-0.15, -0.1) is 12.4 Å². The molecule has 2 unspecified atom stereocenters. The molecule has 0 aliphatic carbocycles. The van der Waals surface area contributed by atoms with Gasteiger partial charge in [0, 0.05) is 43.8 Å². The molecule has 2 heterocycles. The van der Waals surface area contributed by atoms with Crippen LogP contribution >= 0.6 is 12.4 Å². The molecule has 2 aliphatic rings. The maximum atomic E-state index is 12.9. The molecule has 26 heavy (non-hydrogen) atoms. The van der Waals surface area contributed by atoms with E-state index >= 15 is 0 Å². The van der Waals surface area contributed by atoms with Crippen molar-refractivity contribution in [2.75, 3.05) is 39.4 Å². The van der Waals surface area contributed by atoms with E-state index in [-0.39, 0.29) is 35.3 Å². The van der Waals surface area contributed by atoms with E-state index in [0.717, 1.165) is 6.54 Å². The number of amides is 1. The molecule has 2 fully saturated rings. The average Bonchev–Trinajstić information content (AvgIpc) is 2.64. The minimum atomic E-state index is -3.60. The fourth-order valence-electron chi connectivity index (χ4n) is 3.20. The predicted molar refractivity (Wildman–Crippen MR) is 101 cm³/mol. The third-order valence-corrected chi connectivity index (χ3v) is 6.61. The Bertz CT molecular complexity index is 737. The lowest BCUT2D eigenvalue weighted by Crippen LogP contribution is -2.56. The molecule has 0 radical (unpaired) electrons. The molecule has 1 aromatic rings. The third kappa shape index (κ3) is 4.37. The molecular weight excluding hydrogens is 378 g/mol. The number of carbonyl (C=O) groups excluding carboxylic acids is 1. The van der Waals surface area contributed by atoms with Crippen LogP contribution in [0.15, 0.2) is 29.2 Å². The highest BCUT2D eigenvalue weighted by Crippen LogP contribution is 2.20. The number of hydrogen-bond acceptors (Lipinski definition) is 5. The zero-order chi connectivity index (χ0) is 18.0. The van der Waals surface area contributed by atoms with Crippen molar-refractivity contribution in [1.29, 1.82) is 0 Å². The average molecular weight is 404 g/mol. The van der Waals surface area contributed by atoms with Crippen LogP contribution in [-0.4, -0.2) is 75.0 Å². The number of sulfonamides is 1. The predicted octanol–water partition coefficient (Wildman–Crippen LogP) is 0.952. The van der Waals surface area contributed by atoms with Gasteiger partial charge < -0.3 is 15.0 Å². The standard InChI is InChI=1S/C17H25N3O4S.ClH/c1-13-12-20(14(2)11-18-13)17(21)15-4-3-5-16(10-15)25(22,23)19-6-8-24-9-7-19;/h3-5,10,13-14,18H,6-9,11-12H2,1-2H3;1H. The summed E-state index contributed by atoms with van der Waals surface area (Å²) in [4.78, 5) is 14.9. The van der Waals surface area contributed by atoms with Gasteiger partial charge in [0.05, 0.1) is 18.1 Å². The van der Waals surface area contributed by atoms with Gasteiger partial charge in [0.1, 0.15) is 0 Å². The summed E-state index contributed by atoms with van der Waals surface area (Å²) in [5.41, 5.74) is 0.412. The summed E-state index contributed by atoms with van der Waals surface area (Å²) in [6, 6.07) is 6.65. The Balaban J connectivity index is 0.00000243. The zero-order valence-corrected chi connectivity index (χ0v) is 16.7. The van der Waals surface area contributed by atoms with Gasteiger partial charge in [-0.3, -0.25) is 4.79 Å². The topological polar surface area (TPSA) is 79.0 Å². The number of piperazine rings is 1. The summed E-state index contributed by atoms with van der Waals surface area (Å²) >= 11 is 0. The van der Waals surface area contributed by atoms with Crippen LogP contribution in [-0.2, 0) is 14.8 Å². The minimum Gasteiger partial charge on any atom is -0.379 e. The number of hydrogen-bond donors (Lipinski definition) is 1. The van der Waals surface area contributed by atoms with Crippen LogP contribution in [0.2, 0.25) is 0 Å². The van der Waals surface area contributed by atoms with Gasteiger partial charge in [0.2, 0.25) is 10.0 Å². The minimum absolute atomic E-state index is 0. The quantitative estimate of drug-likeness (QED) is 0.813. The third-order valence-electron chi connectivity index (χ3n) is 4.71. The molecule has 0 saturated carbocycles. The van der Waals surface area contributed by atoms with Crippen molar-refractivity contribution in [3.05, 3.63) is 29.8 Å². The summed E-state index contributed by atoms with van der Waals surface area (Å²) in [7, 11) is -3.60. The lowest BCUT2D eigenvalue weighted by atomic mass is 10.1. The van der Waals surface area contributed by atoms with Crippen molar-refractivity contribution in [3.8, 4) is 0 Å². The Hall–Kier alpha value is -1.19. The van der Waals surface area contributed by atoms with Gasteiger partial charge in [-0.1, -0.05) is 6.07 Å². The van der Waals surface area contributed by atoms with Gasteiger partial charge in [-0.05, 0) is 32.0 Å². The molecule has 0 aromatic heterocycles. The smallest absolute Gasteiger partial charge is 0.254 e. The van der Waals surface area contributed by atoms with Crippen molar-refractivity contribution in [2.24, 2.45) is 0 Å². The Morgan fingerprint density at radius 3 is 2.62 bits per heavy atom. The molecule has 2 saturated heterocycles. The van der Waals surface area contributed by atoms with Gasteiger partial charge in [-0.25, -0.2) is 8.42 Å². The molecule has 7 nitrogen and oxygen atoms in total. The van der Waals surface area contributed by atoms with Crippen LogP contribution in [0.1, 0.15) is 24.2 Å². The normalized spacial score (nSPS) is 24.8. The zero-order valence-electron chi connectivity index (χ0n) is 15.1. The summed E-state index contributed by atoms with van der Waals surface area (Å²) in [5.74, 6) is -0.125. The van der Waals surface area contributed by atoms with Crippen LogP contribution in [0, 0.1) is 0 Å². The highest BCUT2D eigenvalue weighted by molar-refractivity contribution is 7.89. The van der Waals surface area contributed by atoms with Gasteiger partial charge in [0.25, 0.3) is 5.91 Å². The van der Waals surface area contributed by atoms with Crippen LogP contribution in [0.5, 0.6) is 0 Å². The summed E-state index contributed by atoms with van der Waals surface area (Å²) in [6.45, 7) is 6.84. The van der Waals surface area contributed by atoms with E-state index in [2.05, 4.69) is 5.32 Å². The van der Waals surface area contributed by atoms with Crippen molar-refractivity contribution < 1.29 is 17.9 Å². The van der Waals surface area contributed by atoms with Crippen LogP contribution < -0.4 is 5.32 Å². The maximum Gasteiger partial charge on any atom is 0.254 e. The first-order valence-corrected chi connectivity index (χ1v) is 10.1. The molecule has 146 valence electrons. The molecule has 0 bridgehead atoms. The number of morpholine rings is 1.